The van der Waals surface area contributed by atoms with Crippen molar-refractivity contribution in [1.82, 2.24) is 14.9 Å². The lowest BCUT2D eigenvalue weighted by Crippen LogP contribution is -2.21. The Labute approximate surface area is 142 Å². The minimum absolute atomic E-state index is 0.518. The monoisotopic (exact) mass is 321 g/mol. The normalized spacial score (nSPS) is 11.1. The summed E-state index contributed by atoms with van der Waals surface area (Å²) in [7, 11) is 2.14. The summed E-state index contributed by atoms with van der Waals surface area (Å²) in [6.45, 7) is 2.78. The second kappa shape index (κ2) is 7.75. The molecule has 3 aromatic rings. The van der Waals surface area contributed by atoms with E-state index in [1.165, 1.54) is 5.56 Å². The molecular weight excluding hydrogens is 298 g/mol. The summed E-state index contributed by atoms with van der Waals surface area (Å²) in [6.07, 6.45) is 1.01. The van der Waals surface area contributed by atoms with Crippen LogP contribution in [0, 0.1) is 0 Å². The number of aromatic nitrogens is 2. The fraction of sp³-hybridized carbons (Fsp3) is 0.263. The number of benzene rings is 2. The maximum absolute atomic E-state index is 6.00. The van der Waals surface area contributed by atoms with Crippen LogP contribution in [0.15, 0.2) is 54.6 Å². The van der Waals surface area contributed by atoms with Crippen molar-refractivity contribution >= 4 is 22.7 Å². The van der Waals surface area contributed by atoms with E-state index in [4.69, 9.17) is 5.73 Å². The first-order chi connectivity index (χ1) is 11.7. The van der Waals surface area contributed by atoms with E-state index in [9.17, 15) is 0 Å². The lowest BCUT2D eigenvalue weighted by molar-refractivity contribution is 0.325. The zero-order valence-corrected chi connectivity index (χ0v) is 13.9. The van der Waals surface area contributed by atoms with Gasteiger partial charge in [0.1, 0.15) is 5.82 Å². The molecule has 0 bridgehead atoms. The van der Waals surface area contributed by atoms with Gasteiger partial charge in [0.05, 0.1) is 5.52 Å². The van der Waals surface area contributed by atoms with Gasteiger partial charge in [-0.3, -0.25) is 0 Å². The van der Waals surface area contributed by atoms with Gasteiger partial charge in [0.25, 0.3) is 0 Å². The molecule has 0 saturated carbocycles. The van der Waals surface area contributed by atoms with Crippen molar-refractivity contribution in [3.63, 3.8) is 0 Å². The van der Waals surface area contributed by atoms with Crippen molar-refractivity contribution in [2.75, 3.05) is 31.2 Å². The van der Waals surface area contributed by atoms with Crippen LogP contribution in [0.25, 0.3) is 10.9 Å². The summed E-state index contributed by atoms with van der Waals surface area (Å²) < 4.78 is 0. The van der Waals surface area contributed by atoms with E-state index < -0.39 is 0 Å². The highest BCUT2D eigenvalue weighted by atomic mass is 15.1. The topological polar surface area (TPSA) is 67.1 Å². The molecule has 0 saturated heterocycles. The Morgan fingerprint density at radius 2 is 1.75 bits per heavy atom. The van der Waals surface area contributed by atoms with Crippen LogP contribution in [-0.4, -0.2) is 35.0 Å². The minimum atomic E-state index is 0.518. The number of hydrogen-bond donors (Lipinski definition) is 2. The summed E-state index contributed by atoms with van der Waals surface area (Å²) >= 11 is 0. The number of anilines is 2. The molecule has 0 spiro atoms. The molecule has 5 heteroatoms. The lowest BCUT2D eigenvalue weighted by Gasteiger charge is -2.16. The molecule has 0 radical (unpaired) electrons. The summed E-state index contributed by atoms with van der Waals surface area (Å²) in [5, 5.41) is 4.16. The number of rotatable bonds is 7. The number of nitrogen functional groups attached to an aromatic ring is 1. The lowest BCUT2D eigenvalue weighted by atomic mass is 10.2. The molecule has 0 aliphatic rings. The molecule has 24 heavy (non-hydrogen) atoms. The Balaban J connectivity index is 1.48. The number of fused-ring (bicyclic) bond motifs is 1. The van der Waals surface area contributed by atoms with Crippen LogP contribution in [0.4, 0.5) is 11.8 Å². The number of nitrogens with two attached hydrogens (primary N) is 1. The summed E-state index contributed by atoms with van der Waals surface area (Å²) in [4.78, 5) is 11.1. The van der Waals surface area contributed by atoms with Crippen molar-refractivity contribution < 1.29 is 0 Å². The van der Waals surface area contributed by atoms with Crippen molar-refractivity contribution in [1.29, 1.82) is 0 Å². The first-order valence-corrected chi connectivity index (χ1v) is 8.21. The van der Waals surface area contributed by atoms with Gasteiger partial charge in [0.15, 0.2) is 0 Å². The predicted molar refractivity (Wildman–Crippen MR) is 99.8 cm³/mol. The van der Waals surface area contributed by atoms with Crippen LogP contribution in [0.2, 0.25) is 0 Å². The fourth-order valence-electron chi connectivity index (χ4n) is 2.70. The first-order valence-electron chi connectivity index (χ1n) is 8.21. The highest BCUT2D eigenvalue weighted by molar-refractivity contribution is 5.88. The molecule has 0 aliphatic heterocycles. The van der Waals surface area contributed by atoms with E-state index in [-0.39, 0.29) is 0 Å². The second-order valence-electron chi connectivity index (χ2n) is 5.95. The maximum Gasteiger partial charge on any atom is 0.225 e. The van der Waals surface area contributed by atoms with E-state index in [0.29, 0.717) is 11.8 Å². The van der Waals surface area contributed by atoms with E-state index >= 15 is 0 Å². The average molecular weight is 321 g/mol. The molecule has 0 amide bonds. The number of nitrogens with zero attached hydrogens (tertiary/aromatic N) is 3. The molecule has 1 heterocycles. The molecule has 124 valence electrons. The van der Waals surface area contributed by atoms with E-state index in [1.807, 2.05) is 30.3 Å². The van der Waals surface area contributed by atoms with Crippen molar-refractivity contribution in [2.45, 2.75) is 13.0 Å². The third-order valence-corrected chi connectivity index (χ3v) is 3.93. The zero-order chi connectivity index (χ0) is 16.8. The molecule has 0 unspecified atom stereocenters. The maximum atomic E-state index is 6.00. The summed E-state index contributed by atoms with van der Waals surface area (Å²) in [6, 6.07) is 18.3. The molecule has 0 atom stereocenters. The van der Waals surface area contributed by atoms with Crippen molar-refractivity contribution in [3.05, 3.63) is 60.2 Å². The Hall–Kier alpha value is -2.66. The molecule has 1 aromatic heterocycles. The Kier molecular flexibility index (Phi) is 5.23. The second-order valence-corrected chi connectivity index (χ2v) is 5.95. The number of para-hydroxylation sites is 1. The van der Waals surface area contributed by atoms with Gasteiger partial charge >= 0.3 is 0 Å². The minimum Gasteiger partial charge on any atom is -0.383 e. The smallest absolute Gasteiger partial charge is 0.225 e. The fourth-order valence-corrected chi connectivity index (χ4v) is 2.70. The zero-order valence-electron chi connectivity index (χ0n) is 13.9. The van der Waals surface area contributed by atoms with Gasteiger partial charge in [0, 0.05) is 18.5 Å². The van der Waals surface area contributed by atoms with Crippen LogP contribution < -0.4 is 11.1 Å². The van der Waals surface area contributed by atoms with Crippen LogP contribution in [0.1, 0.15) is 12.0 Å². The van der Waals surface area contributed by atoms with Crippen LogP contribution in [0.5, 0.6) is 0 Å². The Bertz CT molecular complexity index is 788. The van der Waals surface area contributed by atoms with Crippen molar-refractivity contribution in [2.24, 2.45) is 0 Å². The van der Waals surface area contributed by atoms with Gasteiger partial charge in [-0.05, 0) is 37.7 Å². The summed E-state index contributed by atoms with van der Waals surface area (Å²) in [5.41, 5.74) is 8.20. The Morgan fingerprint density at radius 3 is 2.58 bits per heavy atom. The molecular formula is C19H23N5. The molecule has 5 nitrogen and oxygen atoms in total. The van der Waals surface area contributed by atoms with Crippen LogP contribution >= 0.6 is 0 Å². The van der Waals surface area contributed by atoms with Gasteiger partial charge in [0.2, 0.25) is 5.95 Å². The number of hydrogen-bond acceptors (Lipinski definition) is 5. The SMILES string of the molecule is CN(CCCNc1nc(N)c2ccccc2n1)Cc1ccccc1. The first kappa shape index (κ1) is 16.2. The predicted octanol–water partition coefficient (Wildman–Crippen LogP) is 3.15. The van der Waals surface area contributed by atoms with Gasteiger partial charge < -0.3 is 16.0 Å². The quantitative estimate of drug-likeness (QED) is 0.654. The van der Waals surface area contributed by atoms with Crippen molar-refractivity contribution in [3.8, 4) is 0 Å². The highest BCUT2D eigenvalue weighted by Gasteiger charge is 2.04. The average Bonchev–Trinajstić information content (AvgIpc) is 2.60. The molecule has 0 fully saturated rings. The Morgan fingerprint density at radius 1 is 1.00 bits per heavy atom. The number of nitrogens with one attached hydrogen (secondary N) is 1. The summed E-state index contributed by atoms with van der Waals surface area (Å²) in [5.74, 6) is 1.11. The van der Waals surface area contributed by atoms with E-state index in [2.05, 4.69) is 51.5 Å². The third kappa shape index (κ3) is 4.20. The van der Waals surface area contributed by atoms with E-state index in [1.54, 1.807) is 0 Å². The van der Waals surface area contributed by atoms with Gasteiger partial charge in [-0.1, -0.05) is 42.5 Å². The van der Waals surface area contributed by atoms with Gasteiger partial charge in [-0.25, -0.2) is 4.98 Å². The third-order valence-electron chi connectivity index (χ3n) is 3.93. The van der Waals surface area contributed by atoms with Crippen LogP contribution in [-0.2, 0) is 6.54 Å². The molecule has 2 aromatic carbocycles. The molecule has 0 aliphatic carbocycles. The van der Waals surface area contributed by atoms with Gasteiger partial charge in [-0.2, -0.15) is 4.98 Å². The largest absolute Gasteiger partial charge is 0.383 e. The molecule has 3 N–H and O–H groups in total. The van der Waals surface area contributed by atoms with E-state index in [0.717, 1.165) is 37.0 Å². The standard InChI is InChI=1S/C19H23N5/c1-24(14-15-8-3-2-4-9-15)13-7-12-21-19-22-17-11-6-5-10-16(17)18(20)23-19/h2-6,8-11H,7,12-14H2,1H3,(H3,20,21,22,23). The van der Waals surface area contributed by atoms with Gasteiger partial charge in [-0.15, -0.1) is 0 Å². The highest BCUT2D eigenvalue weighted by Crippen LogP contribution is 2.18. The van der Waals surface area contributed by atoms with Crippen LogP contribution in [0.3, 0.4) is 0 Å². The molecule has 3 rings (SSSR count).